The van der Waals surface area contributed by atoms with Crippen molar-refractivity contribution < 1.29 is 14.3 Å². The molecule has 1 heterocycles. The van der Waals surface area contributed by atoms with Crippen molar-refractivity contribution in [1.29, 1.82) is 0 Å². The molecule has 1 aromatic carbocycles. The first-order chi connectivity index (χ1) is 12.0. The molecule has 2 N–H and O–H groups in total. The first kappa shape index (κ1) is 18.8. The lowest BCUT2D eigenvalue weighted by atomic mass is 10.2. The van der Waals surface area contributed by atoms with Crippen LogP contribution in [-0.2, 0) is 4.79 Å². The molecular formula is C16H20N4O4S. The number of aromatic amines is 1. The van der Waals surface area contributed by atoms with Crippen LogP contribution in [0.4, 0.5) is 5.69 Å². The highest BCUT2D eigenvalue weighted by Gasteiger charge is 2.11. The topological polar surface area (TPSA) is 106 Å². The molecule has 2 rings (SSSR count). The van der Waals surface area contributed by atoms with Crippen LogP contribution >= 0.6 is 11.8 Å². The number of carbonyl (C=O) groups is 1. The monoisotopic (exact) mass is 364 g/mol. The summed E-state index contributed by atoms with van der Waals surface area (Å²) in [7, 11) is 0. The molecule has 0 aliphatic carbocycles. The number of H-pyrrole nitrogens is 1. The normalized spacial score (nSPS) is 10.4. The Morgan fingerprint density at radius 1 is 1.24 bits per heavy atom. The zero-order valence-corrected chi connectivity index (χ0v) is 15.1. The van der Waals surface area contributed by atoms with Gasteiger partial charge >= 0.3 is 0 Å². The van der Waals surface area contributed by atoms with Crippen molar-refractivity contribution in [3.63, 3.8) is 0 Å². The van der Waals surface area contributed by atoms with Gasteiger partial charge < -0.3 is 14.8 Å². The lowest BCUT2D eigenvalue weighted by Gasteiger charge is -2.13. The third-order valence-electron chi connectivity index (χ3n) is 3.02. The molecular weight excluding hydrogens is 344 g/mol. The zero-order valence-electron chi connectivity index (χ0n) is 14.3. The molecule has 0 fully saturated rings. The van der Waals surface area contributed by atoms with Crippen molar-refractivity contribution >= 4 is 23.4 Å². The van der Waals surface area contributed by atoms with Crippen LogP contribution in [0.3, 0.4) is 0 Å². The van der Waals surface area contributed by atoms with Gasteiger partial charge in [0.25, 0.3) is 5.56 Å². The van der Waals surface area contributed by atoms with Gasteiger partial charge in [-0.05, 0) is 32.9 Å². The number of nitrogens with zero attached hydrogens (tertiary/aromatic N) is 2. The number of thioether (sulfide) groups is 1. The molecule has 0 saturated heterocycles. The molecule has 0 aliphatic heterocycles. The molecule has 0 spiro atoms. The van der Waals surface area contributed by atoms with Crippen molar-refractivity contribution in [2.45, 2.75) is 25.9 Å². The highest BCUT2D eigenvalue weighted by atomic mass is 32.2. The standard InChI is InChI=1S/C16H20N4O4S/c1-4-23-11-6-7-13(24-5-2)12(8-11)17-14(21)9-25-16-18-15(22)10(3)19-20-16/h6-8H,4-5,9H2,1-3H3,(H,17,21)(H,18,20,22). The Morgan fingerprint density at radius 2 is 2.00 bits per heavy atom. The Hall–Kier alpha value is -2.55. The summed E-state index contributed by atoms with van der Waals surface area (Å²) in [6, 6.07) is 5.25. The molecule has 0 saturated carbocycles. The van der Waals surface area contributed by atoms with Gasteiger partial charge in [0.1, 0.15) is 17.2 Å². The number of rotatable bonds is 8. The number of benzene rings is 1. The molecule has 0 bridgehead atoms. The van der Waals surface area contributed by atoms with Crippen LogP contribution in [0.2, 0.25) is 0 Å². The number of aromatic nitrogens is 3. The lowest BCUT2D eigenvalue weighted by molar-refractivity contribution is -0.113. The van der Waals surface area contributed by atoms with Gasteiger partial charge in [-0.3, -0.25) is 14.6 Å². The molecule has 0 unspecified atom stereocenters. The van der Waals surface area contributed by atoms with Gasteiger partial charge in [0.15, 0.2) is 5.16 Å². The van der Waals surface area contributed by atoms with Crippen LogP contribution in [0, 0.1) is 6.92 Å². The average molecular weight is 364 g/mol. The summed E-state index contributed by atoms with van der Waals surface area (Å²) in [6.07, 6.45) is 0. The molecule has 9 heteroatoms. The van der Waals surface area contributed by atoms with Crippen molar-refractivity contribution in [2.24, 2.45) is 0 Å². The Kier molecular flexibility index (Phi) is 6.81. The number of hydrogen-bond donors (Lipinski definition) is 2. The molecule has 1 aromatic heterocycles. The Bertz CT molecular complexity index is 794. The Labute approximate surface area is 149 Å². The summed E-state index contributed by atoms with van der Waals surface area (Å²) in [6.45, 7) is 6.31. The van der Waals surface area contributed by atoms with E-state index in [9.17, 15) is 9.59 Å². The second kappa shape index (κ2) is 9.07. The second-order valence-electron chi connectivity index (χ2n) is 4.91. The van der Waals surface area contributed by atoms with Crippen LogP contribution in [0.5, 0.6) is 11.5 Å². The predicted octanol–water partition coefficient (Wildman–Crippen LogP) is 2.00. The van der Waals surface area contributed by atoms with E-state index in [1.165, 1.54) is 0 Å². The number of hydrogen-bond acceptors (Lipinski definition) is 7. The number of ether oxygens (including phenoxy) is 2. The van der Waals surface area contributed by atoms with Crippen molar-refractivity contribution in [1.82, 2.24) is 15.2 Å². The predicted molar refractivity (Wildman–Crippen MR) is 95.5 cm³/mol. The minimum absolute atomic E-state index is 0.0676. The summed E-state index contributed by atoms with van der Waals surface area (Å²) in [5.41, 5.74) is 0.491. The molecule has 0 aliphatic rings. The minimum Gasteiger partial charge on any atom is -0.494 e. The van der Waals surface area contributed by atoms with Gasteiger partial charge in [0.05, 0.1) is 24.7 Å². The highest BCUT2D eigenvalue weighted by Crippen LogP contribution is 2.29. The lowest BCUT2D eigenvalue weighted by Crippen LogP contribution is -2.17. The van der Waals surface area contributed by atoms with Crippen molar-refractivity contribution in [2.75, 3.05) is 24.3 Å². The van der Waals surface area contributed by atoms with E-state index in [0.717, 1.165) is 11.8 Å². The zero-order chi connectivity index (χ0) is 18.2. The van der Waals surface area contributed by atoms with E-state index in [0.29, 0.717) is 35.6 Å². The maximum absolute atomic E-state index is 12.2. The van der Waals surface area contributed by atoms with Gasteiger partial charge in [-0.2, -0.15) is 0 Å². The summed E-state index contributed by atoms with van der Waals surface area (Å²) in [4.78, 5) is 26.2. The van der Waals surface area contributed by atoms with E-state index in [-0.39, 0.29) is 22.9 Å². The van der Waals surface area contributed by atoms with E-state index in [4.69, 9.17) is 9.47 Å². The smallest absolute Gasteiger partial charge is 0.273 e. The average Bonchev–Trinajstić information content (AvgIpc) is 2.59. The summed E-state index contributed by atoms with van der Waals surface area (Å²) < 4.78 is 11.0. The van der Waals surface area contributed by atoms with Crippen LogP contribution in [0.1, 0.15) is 19.5 Å². The Balaban J connectivity index is 2.04. The second-order valence-corrected chi connectivity index (χ2v) is 5.87. The summed E-state index contributed by atoms with van der Waals surface area (Å²) in [5, 5.41) is 10.6. The molecule has 8 nitrogen and oxygen atoms in total. The molecule has 134 valence electrons. The Morgan fingerprint density at radius 3 is 2.68 bits per heavy atom. The van der Waals surface area contributed by atoms with E-state index >= 15 is 0 Å². The maximum Gasteiger partial charge on any atom is 0.273 e. The fourth-order valence-electron chi connectivity index (χ4n) is 1.91. The third-order valence-corrected chi connectivity index (χ3v) is 3.88. The van der Waals surface area contributed by atoms with Gasteiger partial charge in [0, 0.05) is 6.07 Å². The first-order valence-corrected chi connectivity index (χ1v) is 8.78. The summed E-state index contributed by atoms with van der Waals surface area (Å²) >= 11 is 1.09. The van der Waals surface area contributed by atoms with E-state index in [1.54, 1.807) is 25.1 Å². The van der Waals surface area contributed by atoms with Crippen LogP contribution in [-0.4, -0.2) is 40.1 Å². The first-order valence-electron chi connectivity index (χ1n) is 7.79. The van der Waals surface area contributed by atoms with Crippen LogP contribution < -0.4 is 20.3 Å². The fourth-order valence-corrected chi connectivity index (χ4v) is 2.51. The number of carbonyl (C=O) groups excluding carboxylic acids is 1. The van der Waals surface area contributed by atoms with Gasteiger partial charge in [-0.25, -0.2) is 0 Å². The fraction of sp³-hybridized carbons (Fsp3) is 0.375. The molecule has 0 radical (unpaired) electrons. The largest absolute Gasteiger partial charge is 0.494 e. The molecule has 2 aromatic rings. The van der Waals surface area contributed by atoms with E-state index in [2.05, 4.69) is 20.5 Å². The molecule has 25 heavy (non-hydrogen) atoms. The van der Waals surface area contributed by atoms with Crippen molar-refractivity contribution in [3.8, 4) is 11.5 Å². The van der Waals surface area contributed by atoms with Crippen LogP contribution in [0.15, 0.2) is 28.2 Å². The van der Waals surface area contributed by atoms with Gasteiger partial charge in [0.2, 0.25) is 5.91 Å². The number of nitrogens with one attached hydrogen (secondary N) is 2. The molecule has 0 atom stereocenters. The number of anilines is 1. The maximum atomic E-state index is 12.2. The van der Waals surface area contributed by atoms with Gasteiger partial charge in [-0.15, -0.1) is 10.2 Å². The quantitative estimate of drug-likeness (QED) is 0.690. The van der Waals surface area contributed by atoms with E-state index in [1.807, 2.05) is 13.8 Å². The molecule has 1 amide bonds. The minimum atomic E-state index is -0.319. The summed E-state index contributed by atoms with van der Waals surface area (Å²) in [5.74, 6) is 1.01. The SMILES string of the molecule is CCOc1ccc(OCC)c(NC(=O)CSc2nnc(C)c(=O)[nH]2)c1. The number of amides is 1. The highest BCUT2D eigenvalue weighted by molar-refractivity contribution is 7.99. The van der Waals surface area contributed by atoms with Crippen LogP contribution in [0.25, 0.3) is 0 Å². The number of aryl methyl sites for hydroxylation is 1. The van der Waals surface area contributed by atoms with E-state index < -0.39 is 0 Å². The van der Waals surface area contributed by atoms with Crippen molar-refractivity contribution in [3.05, 3.63) is 34.2 Å². The van der Waals surface area contributed by atoms with Gasteiger partial charge in [-0.1, -0.05) is 11.8 Å². The third kappa shape index (κ3) is 5.49.